The van der Waals surface area contributed by atoms with Crippen molar-refractivity contribution in [2.75, 3.05) is 0 Å². The fraction of sp³-hybridized carbons (Fsp3) is 0.462. The van der Waals surface area contributed by atoms with Gasteiger partial charge in [-0.25, -0.2) is 0 Å². The third kappa shape index (κ3) is 2.33. The van der Waals surface area contributed by atoms with Gasteiger partial charge in [-0.1, -0.05) is 12.8 Å². The van der Waals surface area contributed by atoms with Gasteiger partial charge in [0.05, 0.1) is 22.0 Å². The second kappa shape index (κ2) is 4.78. The molecule has 1 saturated carbocycles. The Kier molecular flexibility index (Phi) is 3.42. The lowest BCUT2D eigenvalue weighted by molar-refractivity contribution is -0.385. The van der Waals surface area contributed by atoms with Crippen molar-refractivity contribution in [1.82, 2.24) is 0 Å². The monoisotopic (exact) mass is 284 g/mol. The second-order valence-electron chi connectivity index (χ2n) is 4.89. The van der Waals surface area contributed by atoms with Gasteiger partial charge in [0.1, 0.15) is 0 Å². The average Bonchev–Trinajstić information content (AvgIpc) is 2.86. The second-order valence-corrected chi connectivity index (χ2v) is 4.89. The van der Waals surface area contributed by atoms with Crippen LogP contribution in [0.15, 0.2) is 18.2 Å². The molecule has 0 radical (unpaired) electrons. The number of nitro groups is 1. The Bertz CT molecular complexity index is 584. The number of hydrogen-bond donors (Lipinski definition) is 0. The molecule has 0 atom stereocenters. The van der Waals surface area contributed by atoms with Gasteiger partial charge in [0.15, 0.2) is 0 Å². The average molecular weight is 284 g/mol. The predicted octanol–water partition coefficient (Wildman–Crippen LogP) is 3.95. The number of halogens is 3. The molecule has 0 spiro atoms. The van der Waals surface area contributed by atoms with Gasteiger partial charge >= 0.3 is 6.18 Å². The van der Waals surface area contributed by atoms with Crippen molar-refractivity contribution in [2.45, 2.75) is 37.3 Å². The third-order valence-electron chi connectivity index (χ3n) is 3.71. The van der Waals surface area contributed by atoms with Crippen molar-refractivity contribution >= 4 is 5.69 Å². The van der Waals surface area contributed by atoms with Gasteiger partial charge < -0.3 is 0 Å². The van der Waals surface area contributed by atoms with E-state index < -0.39 is 27.8 Å². The minimum Gasteiger partial charge on any atom is -0.258 e. The Balaban J connectivity index is 2.64. The molecule has 0 amide bonds. The third-order valence-corrected chi connectivity index (χ3v) is 3.71. The topological polar surface area (TPSA) is 66.9 Å². The molecule has 0 N–H and O–H groups in total. The Hall–Kier alpha value is -2.10. The first-order valence-corrected chi connectivity index (χ1v) is 6.07. The molecule has 0 aliphatic heterocycles. The van der Waals surface area contributed by atoms with E-state index in [1.807, 2.05) is 6.07 Å². The van der Waals surface area contributed by atoms with Crippen LogP contribution in [0.2, 0.25) is 0 Å². The Morgan fingerprint density at radius 3 is 2.35 bits per heavy atom. The van der Waals surface area contributed by atoms with Crippen LogP contribution in [0, 0.1) is 21.4 Å². The van der Waals surface area contributed by atoms with E-state index in [2.05, 4.69) is 0 Å². The zero-order chi connectivity index (χ0) is 15.0. The summed E-state index contributed by atoms with van der Waals surface area (Å²) in [6, 6.07) is 4.61. The minimum absolute atomic E-state index is 0.143. The Morgan fingerprint density at radius 2 is 1.90 bits per heavy atom. The lowest BCUT2D eigenvalue weighted by atomic mass is 9.77. The zero-order valence-corrected chi connectivity index (χ0v) is 10.4. The van der Waals surface area contributed by atoms with E-state index in [0.717, 1.165) is 12.1 Å². The molecule has 1 aromatic rings. The lowest BCUT2D eigenvalue weighted by Crippen LogP contribution is -2.24. The van der Waals surface area contributed by atoms with Gasteiger partial charge in [0.25, 0.3) is 5.69 Å². The molecule has 106 valence electrons. The standard InChI is InChI=1S/C13H11F3N2O2/c14-13(15,16)11-7-9(18(19)20)3-4-10(11)12(8-17)5-1-2-6-12/h3-4,7H,1-2,5-6H2. The summed E-state index contributed by atoms with van der Waals surface area (Å²) in [5, 5.41) is 19.9. The number of nitriles is 1. The molecule has 1 aliphatic rings. The molecular formula is C13H11F3N2O2. The van der Waals surface area contributed by atoms with Crippen LogP contribution in [-0.2, 0) is 11.6 Å². The first kappa shape index (κ1) is 14.3. The van der Waals surface area contributed by atoms with Crippen LogP contribution in [-0.4, -0.2) is 4.92 Å². The predicted molar refractivity (Wildman–Crippen MR) is 63.9 cm³/mol. The highest BCUT2D eigenvalue weighted by Crippen LogP contribution is 2.46. The first-order chi connectivity index (χ1) is 9.30. The molecule has 0 unspecified atom stereocenters. The number of benzene rings is 1. The van der Waals surface area contributed by atoms with E-state index >= 15 is 0 Å². The fourth-order valence-electron chi connectivity index (χ4n) is 2.72. The van der Waals surface area contributed by atoms with Crippen molar-refractivity contribution in [2.24, 2.45) is 0 Å². The summed E-state index contributed by atoms with van der Waals surface area (Å²) in [5.41, 5.74) is -3.02. The van der Waals surface area contributed by atoms with Crippen LogP contribution < -0.4 is 0 Å². The highest BCUT2D eigenvalue weighted by molar-refractivity contribution is 5.48. The smallest absolute Gasteiger partial charge is 0.258 e. The summed E-state index contributed by atoms with van der Waals surface area (Å²) in [4.78, 5) is 9.77. The maximum Gasteiger partial charge on any atom is 0.416 e. The Labute approximate surface area is 113 Å². The van der Waals surface area contributed by atoms with Crippen molar-refractivity contribution in [3.05, 3.63) is 39.4 Å². The van der Waals surface area contributed by atoms with Crippen LogP contribution in [0.3, 0.4) is 0 Å². The number of hydrogen-bond acceptors (Lipinski definition) is 3. The molecule has 20 heavy (non-hydrogen) atoms. The maximum absolute atomic E-state index is 13.1. The molecule has 0 heterocycles. The quantitative estimate of drug-likeness (QED) is 0.610. The maximum atomic E-state index is 13.1. The van der Waals surface area contributed by atoms with E-state index in [9.17, 15) is 28.5 Å². The van der Waals surface area contributed by atoms with E-state index in [1.165, 1.54) is 0 Å². The molecule has 1 aromatic carbocycles. The van der Waals surface area contributed by atoms with Crippen molar-refractivity contribution in [3.63, 3.8) is 0 Å². The summed E-state index contributed by atoms with van der Waals surface area (Å²) in [5.74, 6) is 0. The normalized spacial score (nSPS) is 17.7. The van der Waals surface area contributed by atoms with Gasteiger partial charge in [0.2, 0.25) is 0 Å². The van der Waals surface area contributed by atoms with Gasteiger partial charge in [-0.3, -0.25) is 10.1 Å². The molecule has 1 fully saturated rings. The van der Waals surface area contributed by atoms with Crippen molar-refractivity contribution < 1.29 is 18.1 Å². The molecule has 4 nitrogen and oxygen atoms in total. The highest BCUT2D eigenvalue weighted by Gasteiger charge is 2.44. The number of non-ortho nitro benzene ring substituents is 1. The van der Waals surface area contributed by atoms with Gasteiger partial charge in [0, 0.05) is 12.1 Å². The SMILES string of the molecule is N#CC1(c2ccc([N+](=O)[O-])cc2C(F)(F)F)CCCC1. The van der Waals surface area contributed by atoms with E-state index in [0.29, 0.717) is 31.7 Å². The van der Waals surface area contributed by atoms with Crippen molar-refractivity contribution in [1.29, 1.82) is 5.26 Å². The Morgan fingerprint density at radius 1 is 1.30 bits per heavy atom. The molecule has 2 rings (SSSR count). The van der Waals surface area contributed by atoms with Crippen LogP contribution in [0.4, 0.5) is 18.9 Å². The summed E-state index contributed by atoms with van der Waals surface area (Å²) < 4.78 is 39.4. The number of rotatable bonds is 2. The molecule has 1 aliphatic carbocycles. The first-order valence-electron chi connectivity index (χ1n) is 6.07. The van der Waals surface area contributed by atoms with Crippen molar-refractivity contribution in [3.8, 4) is 6.07 Å². The van der Waals surface area contributed by atoms with Crippen LogP contribution in [0.5, 0.6) is 0 Å². The van der Waals surface area contributed by atoms with E-state index in [4.69, 9.17) is 0 Å². The summed E-state index contributed by atoms with van der Waals surface area (Å²) >= 11 is 0. The zero-order valence-electron chi connectivity index (χ0n) is 10.4. The summed E-state index contributed by atoms with van der Waals surface area (Å²) in [7, 11) is 0. The number of alkyl halides is 3. The van der Waals surface area contributed by atoms with Gasteiger partial charge in [-0.05, 0) is 24.5 Å². The van der Waals surface area contributed by atoms with Gasteiger partial charge in [-0.2, -0.15) is 18.4 Å². The highest BCUT2D eigenvalue weighted by atomic mass is 19.4. The van der Waals surface area contributed by atoms with Crippen LogP contribution in [0.1, 0.15) is 36.8 Å². The molecule has 7 heteroatoms. The molecule has 0 aromatic heterocycles. The lowest BCUT2D eigenvalue weighted by Gasteiger charge is -2.24. The van der Waals surface area contributed by atoms with Crippen LogP contribution in [0.25, 0.3) is 0 Å². The van der Waals surface area contributed by atoms with E-state index in [-0.39, 0.29) is 5.56 Å². The largest absolute Gasteiger partial charge is 0.416 e. The summed E-state index contributed by atoms with van der Waals surface area (Å²) in [6.45, 7) is 0. The molecule has 0 saturated heterocycles. The number of nitrogens with zero attached hydrogens (tertiary/aromatic N) is 2. The van der Waals surface area contributed by atoms with Gasteiger partial charge in [-0.15, -0.1) is 0 Å². The molecular weight excluding hydrogens is 273 g/mol. The number of nitro benzene ring substituents is 1. The van der Waals surface area contributed by atoms with Crippen LogP contribution >= 0.6 is 0 Å². The fourth-order valence-corrected chi connectivity index (χ4v) is 2.72. The molecule has 0 bridgehead atoms. The van der Waals surface area contributed by atoms with E-state index in [1.54, 1.807) is 0 Å². The summed E-state index contributed by atoms with van der Waals surface area (Å²) in [6.07, 6.45) is -2.65. The minimum atomic E-state index is -4.71.